The van der Waals surface area contributed by atoms with Gasteiger partial charge in [-0.2, -0.15) is 0 Å². The van der Waals surface area contributed by atoms with Crippen molar-refractivity contribution in [3.8, 4) is 0 Å². The fraction of sp³-hybridized carbons (Fsp3) is 0.846. The average molecular weight is 271 g/mol. The number of carbonyl (C=O) groups excluding carboxylic acids is 1. The number of amides is 1. The van der Waals surface area contributed by atoms with Gasteiger partial charge in [-0.3, -0.25) is 9.59 Å². The largest absolute Gasteiger partial charge is 0.481 e. The molecule has 1 N–H and O–H groups in total. The molecule has 19 heavy (non-hydrogen) atoms. The van der Waals surface area contributed by atoms with Crippen LogP contribution in [-0.4, -0.2) is 60.4 Å². The van der Waals surface area contributed by atoms with E-state index in [1.807, 2.05) is 6.92 Å². The topological polar surface area (TPSA) is 76.1 Å². The number of carbonyl (C=O) groups is 2. The van der Waals surface area contributed by atoms with E-state index in [-0.39, 0.29) is 18.6 Å². The maximum Gasteiger partial charge on any atom is 0.311 e. The van der Waals surface area contributed by atoms with Gasteiger partial charge < -0.3 is 19.5 Å². The lowest BCUT2D eigenvalue weighted by Crippen LogP contribution is -2.50. The van der Waals surface area contributed by atoms with Gasteiger partial charge >= 0.3 is 5.97 Å². The normalized spacial score (nSPS) is 30.5. The highest BCUT2D eigenvalue weighted by Crippen LogP contribution is 2.24. The first-order valence-electron chi connectivity index (χ1n) is 6.87. The monoisotopic (exact) mass is 271 g/mol. The molecule has 2 unspecified atom stereocenters. The Morgan fingerprint density at radius 1 is 1.37 bits per heavy atom. The number of hydrogen-bond donors (Lipinski definition) is 1. The first kappa shape index (κ1) is 14.3. The van der Waals surface area contributed by atoms with Crippen LogP contribution in [0, 0.1) is 5.92 Å². The zero-order chi connectivity index (χ0) is 13.8. The van der Waals surface area contributed by atoms with Gasteiger partial charge in [0.15, 0.2) is 0 Å². The number of rotatable bonds is 5. The predicted molar refractivity (Wildman–Crippen MR) is 66.7 cm³/mol. The molecule has 0 radical (unpaired) electrons. The smallest absolute Gasteiger partial charge is 0.311 e. The Morgan fingerprint density at radius 2 is 2.16 bits per heavy atom. The van der Waals surface area contributed by atoms with Crippen LogP contribution in [0.5, 0.6) is 0 Å². The lowest BCUT2D eigenvalue weighted by atomic mass is 10.0. The number of aliphatic carboxylic acids is 1. The molecule has 1 amide bonds. The summed E-state index contributed by atoms with van der Waals surface area (Å²) in [6, 6.07) is -0.367. The molecular formula is C13H21NO5. The van der Waals surface area contributed by atoms with E-state index >= 15 is 0 Å². The summed E-state index contributed by atoms with van der Waals surface area (Å²) in [5.74, 6) is -1.61. The molecule has 0 aromatic carbocycles. The Hall–Kier alpha value is -1.14. The highest BCUT2D eigenvalue weighted by Gasteiger charge is 2.41. The van der Waals surface area contributed by atoms with Gasteiger partial charge in [0.25, 0.3) is 5.91 Å². The van der Waals surface area contributed by atoms with Gasteiger partial charge in [-0.25, -0.2) is 0 Å². The number of ether oxygens (including phenoxy) is 2. The minimum atomic E-state index is -0.899. The van der Waals surface area contributed by atoms with Gasteiger partial charge in [-0.15, -0.1) is 0 Å². The fourth-order valence-electron chi connectivity index (χ4n) is 2.72. The van der Waals surface area contributed by atoms with Crippen molar-refractivity contribution in [2.75, 3.05) is 26.4 Å². The molecule has 0 aliphatic carbocycles. The summed E-state index contributed by atoms with van der Waals surface area (Å²) in [6.07, 6.45) is 2.01. The maximum absolute atomic E-state index is 12.4. The Morgan fingerprint density at radius 3 is 2.74 bits per heavy atom. The van der Waals surface area contributed by atoms with E-state index in [0.717, 1.165) is 19.3 Å². The standard InChI is InChI=1S/C13H21NO5/c1-2-5-14(12(15)11-4-3-6-19-11)10-8-18-7-9(10)13(16)17/h9-11H,2-8H2,1H3,(H,16,17)/t9?,10?,11-/m1/s1. The summed E-state index contributed by atoms with van der Waals surface area (Å²) >= 11 is 0. The molecule has 2 saturated heterocycles. The minimum absolute atomic E-state index is 0.0823. The zero-order valence-electron chi connectivity index (χ0n) is 11.2. The molecule has 0 bridgehead atoms. The third-order valence-electron chi connectivity index (χ3n) is 3.72. The number of hydrogen-bond acceptors (Lipinski definition) is 4. The van der Waals surface area contributed by atoms with Gasteiger partial charge in [0.2, 0.25) is 0 Å². The molecule has 3 atom stereocenters. The van der Waals surface area contributed by atoms with Gasteiger partial charge in [-0.05, 0) is 19.3 Å². The highest BCUT2D eigenvalue weighted by atomic mass is 16.5. The van der Waals surface area contributed by atoms with Gasteiger partial charge in [0.1, 0.15) is 12.0 Å². The van der Waals surface area contributed by atoms with Crippen molar-refractivity contribution in [2.24, 2.45) is 5.92 Å². The average Bonchev–Trinajstić information content (AvgIpc) is 3.05. The molecule has 0 aromatic rings. The van der Waals surface area contributed by atoms with E-state index in [0.29, 0.717) is 19.8 Å². The van der Waals surface area contributed by atoms with Crippen LogP contribution in [0.2, 0.25) is 0 Å². The van der Waals surface area contributed by atoms with Crippen LogP contribution in [0.15, 0.2) is 0 Å². The van der Waals surface area contributed by atoms with Crippen LogP contribution in [0.25, 0.3) is 0 Å². The van der Waals surface area contributed by atoms with Gasteiger partial charge in [-0.1, -0.05) is 6.92 Å². The zero-order valence-corrected chi connectivity index (χ0v) is 11.2. The second-order valence-corrected chi connectivity index (χ2v) is 5.08. The quantitative estimate of drug-likeness (QED) is 0.788. The van der Waals surface area contributed by atoms with Gasteiger partial charge in [0, 0.05) is 13.2 Å². The molecule has 0 spiro atoms. The Kier molecular flexibility index (Phi) is 4.76. The molecule has 2 aliphatic heterocycles. The molecule has 108 valence electrons. The lowest BCUT2D eigenvalue weighted by Gasteiger charge is -2.32. The van der Waals surface area contributed by atoms with Gasteiger partial charge in [0.05, 0.1) is 19.3 Å². The van der Waals surface area contributed by atoms with E-state index in [1.165, 1.54) is 0 Å². The van der Waals surface area contributed by atoms with Crippen molar-refractivity contribution in [3.63, 3.8) is 0 Å². The van der Waals surface area contributed by atoms with Crippen molar-refractivity contribution in [3.05, 3.63) is 0 Å². The van der Waals surface area contributed by atoms with Crippen molar-refractivity contribution < 1.29 is 24.2 Å². The third-order valence-corrected chi connectivity index (χ3v) is 3.72. The molecule has 2 rings (SSSR count). The fourth-order valence-corrected chi connectivity index (χ4v) is 2.72. The maximum atomic E-state index is 12.4. The highest BCUT2D eigenvalue weighted by molar-refractivity contribution is 5.82. The van der Waals surface area contributed by atoms with E-state index in [9.17, 15) is 14.7 Å². The summed E-state index contributed by atoms with van der Waals surface area (Å²) in [6.45, 7) is 3.62. The molecule has 2 aliphatic rings. The molecule has 0 aromatic heterocycles. The first-order chi connectivity index (χ1) is 9.15. The molecule has 0 saturated carbocycles. The summed E-state index contributed by atoms with van der Waals surface area (Å²) in [4.78, 5) is 25.3. The van der Waals surface area contributed by atoms with E-state index < -0.39 is 18.0 Å². The molecule has 2 heterocycles. The summed E-state index contributed by atoms with van der Waals surface area (Å²) in [5.41, 5.74) is 0. The Labute approximate surface area is 112 Å². The van der Waals surface area contributed by atoms with Crippen LogP contribution in [0.3, 0.4) is 0 Å². The van der Waals surface area contributed by atoms with Crippen LogP contribution in [0.4, 0.5) is 0 Å². The van der Waals surface area contributed by atoms with Crippen LogP contribution < -0.4 is 0 Å². The number of carboxylic acid groups (broad SMARTS) is 1. The Balaban J connectivity index is 2.09. The van der Waals surface area contributed by atoms with E-state index in [2.05, 4.69) is 0 Å². The Bertz CT molecular complexity index is 340. The second kappa shape index (κ2) is 6.34. The van der Waals surface area contributed by atoms with Crippen molar-refractivity contribution in [1.29, 1.82) is 0 Å². The van der Waals surface area contributed by atoms with Crippen LogP contribution in [0.1, 0.15) is 26.2 Å². The van der Waals surface area contributed by atoms with Crippen LogP contribution >= 0.6 is 0 Å². The molecule has 6 heteroatoms. The van der Waals surface area contributed by atoms with Crippen molar-refractivity contribution in [2.45, 2.75) is 38.3 Å². The number of carboxylic acids is 1. The van der Waals surface area contributed by atoms with E-state index in [4.69, 9.17) is 9.47 Å². The molecule has 2 fully saturated rings. The minimum Gasteiger partial charge on any atom is -0.481 e. The second-order valence-electron chi connectivity index (χ2n) is 5.08. The van der Waals surface area contributed by atoms with E-state index in [1.54, 1.807) is 4.90 Å². The lowest BCUT2D eigenvalue weighted by molar-refractivity contribution is -0.148. The number of nitrogens with zero attached hydrogens (tertiary/aromatic N) is 1. The SMILES string of the molecule is CCCN(C(=O)[C@H]1CCCO1)C1COCC1C(=O)O. The summed E-state index contributed by atoms with van der Waals surface area (Å²) in [7, 11) is 0. The summed E-state index contributed by atoms with van der Waals surface area (Å²) < 4.78 is 10.7. The third kappa shape index (κ3) is 3.06. The molecule has 6 nitrogen and oxygen atoms in total. The van der Waals surface area contributed by atoms with Crippen LogP contribution in [-0.2, 0) is 19.1 Å². The van der Waals surface area contributed by atoms with Crippen molar-refractivity contribution >= 4 is 11.9 Å². The summed E-state index contributed by atoms with van der Waals surface area (Å²) in [5, 5.41) is 9.20. The van der Waals surface area contributed by atoms with Crippen molar-refractivity contribution in [1.82, 2.24) is 4.90 Å². The first-order valence-corrected chi connectivity index (χ1v) is 6.87. The molecular weight excluding hydrogens is 250 g/mol. The predicted octanol–water partition coefficient (Wildman–Crippen LogP) is 0.504.